The van der Waals surface area contributed by atoms with Crippen molar-refractivity contribution in [3.05, 3.63) is 46.6 Å². The van der Waals surface area contributed by atoms with Crippen molar-refractivity contribution in [1.29, 1.82) is 0 Å². The Labute approximate surface area is 205 Å². The maximum atomic E-state index is 13.0. The number of piperazine rings is 1. The summed E-state index contributed by atoms with van der Waals surface area (Å²) < 4.78 is 0. The number of aromatic nitrogens is 2. The summed E-state index contributed by atoms with van der Waals surface area (Å²) in [4.78, 5) is 37.9. The van der Waals surface area contributed by atoms with E-state index in [1.165, 1.54) is 11.8 Å². The van der Waals surface area contributed by atoms with Crippen molar-refractivity contribution >= 4 is 41.0 Å². The molecule has 0 bridgehead atoms. The Morgan fingerprint density at radius 3 is 2.64 bits per heavy atom. The smallest absolute Gasteiger partial charge is 0.254 e. The Kier molecular flexibility index (Phi) is 9.38. The second kappa shape index (κ2) is 12.2. The summed E-state index contributed by atoms with van der Waals surface area (Å²) in [6.45, 7) is 8.77. The summed E-state index contributed by atoms with van der Waals surface area (Å²) in [6, 6.07) is 9.44. The van der Waals surface area contributed by atoms with E-state index in [0.717, 1.165) is 30.6 Å². The van der Waals surface area contributed by atoms with Crippen LogP contribution in [0.2, 0.25) is 5.15 Å². The van der Waals surface area contributed by atoms with Gasteiger partial charge in [0.2, 0.25) is 5.91 Å². The average molecular weight is 490 g/mol. The van der Waals surface area contributed by atoms with Gasteiger partial charge in [0.05, 0.1) is 5.75 Å². The fourth-order valence-corrected chi connectivity index (χ4v) is 4.64. The van der Waals surface area contributed by atoms with Crippen molar-refractivity contribution in [3.63, 3.8) is 0 Å². The Bertz CT molecular complexity index is 956. The van der Waals surface area contributed by atoms with Crippen LogP contribution in [0.5, 0.6) is 0 Å². The minimum absolute atomic E-state index is 0.0197. The molecule has 0 saturated carbocycles. The number of rotatable bonds is 9. The van der Waals surface area contributed by atoms with Gasteiger partial charge in [0, 0.05) is 43.9 Å². The van der Waals surface area contributed by atoms with Crippen LogP contribution in [-0.2, 0) is 4.79 Å². The van der Waals surface area contributed by atoms with E-state index in [2.05, 4.69) is 27.1 Å². The van der Waals surface area contributed by atoms with Crippen LogP contribution < -0.4 is 10.2 Å². The van der Waals surface area contributed by atoms with E-state index >= 15 is 0 Å². The fourth-order valence-electron chi connectivity index (χ4n) is 3.73. The number of nitrogens with one attached hydrogen (secondary N) is 1. The van der Waals surface area contributed by atoms with Gasteiger partial charge in [-0.2, -0.15) is 0 Å². The zero-order valence-electron chi connectivity index (χ0n) is 19.5. The number of carbonyl (C=O) groups excluding carboxylic acids is 2. The molecule has 0 radical (unpaired) electrons. The number of carbonyl (C=O) groups is 2. The molecule has 7 nitrogen and oxygen atoms in total. The molecule has 2 amide bonds. The lowest BCUT2D eigenvalue weighted by atomic mass is 10.1. The van der Waals surface area contributed by atoms with Crippen LogP contribution in [0.25, 0.3) is 0 Å². The van der Waals surface area contributed by atoms with Crippen LogP contribution in [0.15, 0.2) is 35.5 Å². The van der Waals surface area contributed by atoms with Gasteiger partial charge in [-0.15, -0.1) is 0 Å². The third kappa shape index (κ3) is 7.33. The molecule has 2 heterocycles. The first-order valence-electron chi connectivity index (χ1n) is 11.4. The molecule has 2 aromatic rings. The molecule has 33 heavy (non-hydrogen) atoms. The Hall–Kier alpha value is -2.32. The van der Waals surface area contributed by atoms with Crippen LogP contribution in [0.3, 0.4) is 0 Å². The van der Waals surface area contributed by atoms with E-state index in [9.17, 15) is 9.59 Å². The number of anilines is 1. The van der Waals surface area contributed by atoms with Crippen LogP contribution in [-0.4, -0.2) is 64.7 Å². The Balaban J connectivity index is 1.58. The average Bonchev–Trinajstić information content (AvgIpc) is 2.80. The maximum absolute atomic E-state index is 13.0. The number of aryl methyl sites for hydroxylation is 1. The van der Waals surface area contributed by atoms with E-state index in [-0.39, 0.29) is 23.6 Å². The lowest BCUT2D eigenvalue weighted by Crippen LogP contribution is -2.54. The SMILES string of the molecule is CCCCCNC(=O)CSc1nc(Cl)cc(N2CCN(C(=O)c3ccc(C)cc3)C(C)C2)n1. The molecule has 1 atom stereocenters. The molecule has 0 aliphatic carbocycles. The number of unbranched alkanes of at least 4 members (excludes halogenated alkanes) is 2. The summed E-state index contributed by atoms with van der Waals surface area (Å²) in [5, 5.41) is 3.74. The standard InChI is InChI=1S/C24H32ClN5O2S/c1-4-5-6-11-26-22(31)16-33-24-27-20(25)14-21(28-24)29-12-13-30(18(3)15-29)23(32)19-9-7-17(2)8-10-19/h7-10,14,18H,4-6,11-13,15-16H2,1-3H3,(H,26,31). The van der Waals surface area contributed by atoms with Gasteiger partial charge in [-0.05, 0) is 32.4 Å². The lowest BCUT2D eigenvalue weighted by Gasteiger charge is -2.40. The number of benzene rings is 1. The van der Waals surface area contributed by atoms with Crippen molar-refractivity contribution in [1.82, 2.24) is 20.2 Å². The number of hydrogen-bond acceptors (Lipinski definition) is 6. The topological polar surface area (TPSA) is 78.4 Å². The largest absolute Gasteiger partial charge is 0.355 e. The highest BCUT2D eigenvalue weighted by atomic mass is 35.5. The second-order valence-electron chi connectivity index (χ2n) is 8.34. The molecule has 1 aromatic heterocycles. The molecule has 1 aliphatic heterocycles. The summed E-state index contributed by atoms with van der Waals surface area (Å²) in [6.07, 6.45) is 3.22. The Morgan fingerprint density at radius 2 is 1.94 bits per heavy atom. The van der Waals surface area contributed by atoms with Gasteiger partial charge in [-0.25, -0.2) is 9.97 Å². The molecule has 1 fully saturated rings. The quantitative estimate of drug-likeness (QED) is 0.246. The van der Waals surface area contributed by atoms with E-state index in [0.29, 0.717) is 42.1 Å². The van der Waals surface area contributed by atoms with E-state index in [1.807, 2.05) is 43.0 Å². The fraction of sp³-hybridized carbons (Fsp3) is 0.500. The van der Waals surface area contributed by atoms with Gasteiger partial charge in [-0.3, -0.25) is 9.59 Å². The highest BCUT2D eigenvalue weighted by Crippen LogP contribution is 2.24. The molecule has 1 saturated heterocycles. The van der Waals surface area contributed by atoms with Crippen molar-refractivity contribution < 1.29 is 9.59 Å². The monoisotopic (exact) mass is 489 g/mol. The van der Waals surface area contributed by atoms with Crippen LogP contribution >= 0.6 is 23.4 Å². The van der Waals surface area contributed by atoms with Gasteiger partial charge in [-0.1, -0.05) is 60.8 Å². The number of nitrogens with zero attached hydrogens (tertiary/aromatic N) is 4. The zero-order chi connectivity index (χ0) is 23.8. The van der Waals surface area contributed by atoms with Crippen LogP contribution in [0, 0.1) is 6.92 Å². The molecular formula is C24H32ClN5O2S. The Morgan fingerprint density at radius 1 is 1.18 bits per heavy atom. The van der Waals surface area contributed by atoms with Gasteiger partial charge in [0.15, 0.2) is 5.16 Å². The minimum Gasteiger partial charge on any atom is -0.355 e. The van der Waals surface area contributed by atoms with E-state index in [1.54, 1.807) is 6.07 Å². The normalized spacial score (nSPS) is 16.1. The van der Waals surface area contributed by atoms with E-state index < -0.39 is 0 Å². The van der Waals surface area contributed by atoms with Crippen molar-refractivity contribution in [3.8, 4) is 0 Å². The maximum Gasteiger partial charge on any atom is 0.254 e. The molecule has 0 spiro atoms. The molecule has 1 aliphatic rings. The first-order chi connectivity index (χ1) is 15.9. The number of thioether (sulfide) groups is 1. The third-order valence-electron chi connectivity index (χ3n) is 5.61. The first kappa shape index (κ1) is 25.3. The van der Waals surface area contributed by atoms with Crippen molar-refractivity contribution in [2.24, 2.45) is 0 Å². The molecule has 178 valence electrons. The molecule has 1 aromatic carbocycles. The summed E-state index contributed by atoms with van der Waals surface area (Å²) in [5.41, 5.74) is 1.84. The predicted octanol–water partition coefficient (Wildman–Crippen LogP) is 4.19. The first-order valence-corrected chi connectivity index (χ1v) is 12.8. The third-order valence-corrected chi connectivity index (χ3v) is 6.65. The van der Waals surface area contributed by atoms with Gasteiger partial charge >= 0.3 is 0 Å². The van der Waals surface area contributed by atoms with Gasteiger partial charge in [0.1, 0.15) is 11.0 Å². The van der Waals surface area contributed by atoms with Crippen molar-refractivity contribution in [2.75, 3.05) is 36.8 Å². The molecule has 1 N–H and O–H groups in total. The predicted molar refractivity (Wildman–Crippen MR) is 134 cm³/mol. The highest BCUT2D eigenvalue weighted by Gasteiger charge is 2.29. The van der Waals surface area contributed by atoms with Crippen LogP contribution in [0.4, 0.5) is 5.82 Å². The van der Waals surface area contributed by atoms with Crippen molar-refractivity contribution in [2.45, 2.75) is 51.2 Å². The van der Waals surface area contributed by atoms with Gasteiger partial charge in [0.25, 0.3) is 5.91 Å². The molecule has 9 heteroatoms. The molecule has 1 unspecified atom stereocenters. The number of hydrogen-bond donors (Lipinski definition) is 1. The summed E-state index contributed by atoms with van der Waals surface area (Å²) in [5.74, 6) is 0.985. The van der Waals surface area contributed by atoms with Gasteiger partial charge < -0.3 is 15.1 Å². The molecule has 3 rings (SSSR count). The minimum atomic E-state index is -0.0296. The number of halogens is 1. The molecular weight excluding hydrogens is 458 g/mol. The summed E-state index contributed by atoms with van der Waals surface area (Å²) >= 11 is 7.53. The number of amides is 2. The second-order valence-corrected chi connectivity index (χ2v) is 9.67. The lowest BCUT2D eigenvalue weighted by molar-refractivity contribution is -0.118. The summed E-state index contributed by atoms with van der Waals surface area (Å²) in [7, 11) is 0. The zero-order valence-corrected chi connectivity index (χ0v) is 21.1. The van der Waals surface area contributed by atoms with E-state index in [4.69, 9.17) is 11.6 Å². The van der Waals surface area contributed by atoms with Crippen LogP contribution in [0.1, 0.15) is 49.0 Å². The highest BCUT2D eigenvalue weighted by molar-refractivity contribution is 7.99.